The number of hydrogen-bond acceptors (Lipinski definition) is 3. The fourth-order valence-corrected chi connectivity index (χ4v) is 3.29. The smallest absolute Gasteiger partial charge is 0.303 e. The van der Waals surface area contributed by atoms with Crippen LogP contribution in [0.4, 0.5) is 11.4 Å². The summed E-state index contributed by atoms with van der Waals surface area (Å²) < 4.78 is 0. The zero-order valence-electron chi connectivity index (χ0n) is 16.1. The Hall–Kier alpha value is -3.75. The van der Waals surface area contributed by atoms with E-state index in [0.717, 1.165) is 5.56 Å². The van der Waals surface area contributed by atoms with Gasteiger partial charge in [-0.3, -0.25) is 14.5 Å². The molecule has 0 saturated heterocycles. The molecule has 150 valence electrons. The first-order valence-corrected chi connectivity index (χ1v) is 9.60. The number of amides is 2. The molecule has 1 atom stereocenters. The molecule has 2 amide bonds. The van der Waals surface area contributed by atoms with Crippen LogP contribution in [0, 0.1) is 12.3 Å². The van der Waals surface area contributed by atoms with E-state index in [4.69, 9.17) is 23.8 Å². The number of rotatable bonds is 6. The molecule has 3 rings (SSSR count). The monoisotopic (exact) mass is 417 g/mol. The zero-order valence-corrected chi connectivity index (χ0v) is 16.8. The van der Waals surface area contributed by atoms with Crippen LogP contribution >= 0.6 is 11.6 Å². The fourth-order valence-electron chi connectivity index (χ4n) is 3.11. The van der Waals surface area contributed by atoms with Gasteiger partial charge in [0.2, 0.25) is 5.91 Å². The standard InChI is InChI=1S/C24H20ClN3O2/c1-2-22(29)28(21-13-7-11-19(25)15-21)23(18-10-6-12-20(26)14-18)24(30)27-16-17-8-4-3-5-9-17/h1,3-15,23H,16,26H2,(H,27,30). The highest BCUT2D eigenvalue weighted by molar-refractivity contribution is 6.31. The highest BCUT2D eigenvalue weighted by Gasteiger charge is 2.32. The number of anilines is 2. The van der Waals surface area contributed by atoms with Crippen molar-refractivity contribution in [3.8, 4) is 12.3 Å². The molecule has 3 N–H and O–H groups in total. The number of nitrogens with two attached hydrogens (primary N) is 1. The number of nitrogens with zero attached hydrogens (tertiary/aromatic N) is 1. The minimum atomic E-state index is -1.03. The van der Waals surface area contributed by atoms with Gasteiger partial charge in [-0.25, -0.2) is 0 Å². The van der Waals surface area contributed by atoms with Crippen molar-refractivity contribution in [1.29, 1.82) is 0 Å². The van der Waals surface area contributed by atoms with Gasteiger partial charge in [0, 0.05) is 22.9 Å². The molecule has 0 saturated carbocycles. The first-order valence-electron chi connectivity index (χ1n) is 9.22. The number of nitrogen functional groups attached to an aromatic ring is 1. The molecule has 3 aromatic rings. The maximum Gasteiger partial charge on any atom is 0.303 e. The van der Waals surface area contributed by atoms with Crippen LogP contribution in [0.2, 0.25) is 5.02 Å². The van der Waals surface area contributed by atoms with Gasteiger partial charge >= 0.3 is 5.91 Å². The summed E-state index contributed by atoms with van der Waals surface area (Å²) in [4.78, 5) is 27.3. The second-order valence-corrected chi connectivity index (χ2v) is 7.01. The fraction of sp³-hybridized carbons (Fsp3) is 0.0833. The lowest BCUT2D eigenvalue weighted by Gasteiger charge is -2.30. The molecule has 5 nitrogen and oxygen atoms in total. The Bertz CT molecular complexity index is 1090. The van der Waals surface area contributed by atoms with Gasteiger partial charge in [-0.2, -0.15) is 0 Å². The Morgan fingerprint density at radius 1 is 1.03 bits per heavy atom. The third-order valence-electron chi connectivity index (χ3n) is 4.47. The van der Waals surface area contributed by atoms with E-state index >= 15 is 0 Å². The Kier molecular flexibility index (Phi) is 6.74. The van der Waals surface area contributed by atoms with E-state index in [1.165, 1.54) is 4.90 Å². The van der Waals surface area contributed by atoms with Crippen molar-refractivity contribution < 1.29 is 9.59 Å². The molecule has 1 unspecified atom stereocenters. The predicted octanol–water partition coefficient (Wildman–Crippen LogP) is 3.95. The van der Waals surface area contributed by atoms with Crippen molar-refractivity contribution in [1.82, 2.24) is 5.32 Å². The van der Waals surface area contributed by atoms with Crippen molar-refractivity contribution in [3.63, 3.8) is 0 Å². The summed E-state index contributed by atoms with van der Waals surface area (Å²) in [5, 5.41) is 3.30. The normalized spacial score (nSPS) is 11.2. The summed E-state index contributed by atoms with van der Waals surface area (Å²) in [6.07, 6.45) is 5.43. The van der Waals surface area contributed by atoms with Crippen molar-refractivity contribution in [2.45, 2.75) is 12.6 Å². The van der Waals surface area contributed by atoms with Gasteiger partial charge in [0.05, 0.1) is 0 Å². The lowest BCUT2D eigenvalue weighted by atomic mass is 10.0. The number of halogens is 1. The topological polar surface area (TPSA) is 75.4 Å². The van der Waals surface area contributed by atoms with Crippen LogP contribution in [0.15, 0.2) is 78.9 Å². The van der Waals surface area contributed by atoms with Crippen LogP contribution in [0.25, 0.3) is 0 Å². The van der Waals surface area contributed by atoms with Gasteiger partial charge in [-0.1, -0.05) is 60.1 Å². The molecular formula is C24H20ClN3O2. The molecule has 0 aromatic heterocycles. The summed E-state index contributed by atoms with van der Waals surface area (Å²) in [5.74, 6) is 1.05. The number of hydrogen-bond donors (Lipinski definition) is 2. The maximum absolute atomic E-state index is 13.3. The van der Waals surface area contributed by atoms with Gasteiger partial charge in [-0.05, 0) is 47.4 Å². The third-order valence-corrected chi connectivity index (χ3v) is 4.71. The van der Waals surface area contributed by atoms with Crippen LogP contribution < -0.4 is 16.0 Å². The van der Waals surface area contributed by atoms with Crippen molar-refractivity contribution in [2.75, 3.05) is 10.6 Å². The Balaban J connectivity index is 2.03. The Labute approximate surface area is 180 Å². The summed E-state index contributed by atoms with van der Waals surface area (Å²) in [6, 6.07) is 21.9. The molecule has 6 heteroatoms. The third kappa shape index (κ3) is 4.99. The van der Waals surface area contributed by atoms with Crippen LogP contribution in [0.3, 0.4) is 0 Å². The molecule has 0 aliphatic heterocycles. The molecular weight excluding hydrogens is 398 g/mol. The Morgan fingerprint density at radius 2 is 1.77 bits per heavy atom. The minimum absolute atomic E-state index is 0.298. The molecule has 30 heavy (non-hydrogen) atoms. The first kappa shape index (κ1) is 21.0. The van der Waals surface area contributed by atoms with Gasteiger partial charge in [-0.15, -0.1) is 6.42 Å². The zero-order chi connectivity index (χ0) is 21.5. The summed E-state index contributed by atoms with van der Waals surface area (Å²) in [6.45, 7) is 0.298. The first-order chi connectivity index (χ1) is 14.5. The van der Waals surface area contributed by atoms with E-state index in [1.807, 2.05) is 30.3 Å². The average molecular weight is 418 g/mol. The van der Waals surface area contributed by atoms with Crippen LogP contribution in [0.1, 0.15) is 17.2 Å². The second kappa shape index (κ2) is 9.64. The molecule has 0 radical (unpaired) electrons. The molecule has 3 aromatic carbocycles. The van der Waals surface area contributed by atoms with Crippen molar-refractivity contribution in [3.05, 3.63) is 95.0 Å². The number of nitrogens with one attached hydrogen (secondary N) is 1. The van der Waals surface area contributed by atoms with Crippen LogP contribution in [-0.4, -0.2) is 11.8 Å². The maximum atomic E-state index is 13.3. The van der Waals surface area contributed by atoms with Gasteiger partial charge < -0.3 is 11.1 Å². The lowest BCUT2D eigenvalue weighted by molar-refractivity contribution is -0.125. The molecule has 0 aliphatic rings. The van der Waals surface area contributed by atoms with E-state index in [-0.39, 0.29) is 0 Å². The quantitative estimate of drug-likeness (QED) is 0.471. The predicted molar refractivity (Wildman–Crippen MR) is 120 cm³/mol. The van der Waals surface area contributed by atoms with Crippen molar-refractivity contribution in [2.24, 2.45) is 0 Å². The Morgan fingerprint density at radius 3 is 2.43 bits per heavy atom. The second-order valence-electron chi connectivity index (χ2n) is 6.58. The SMILES string of the molecule is C#CC(=O)N(c1cccc(Cl)c1)C(C(=O)NCc1ccccc1)c1cccc(N)c1. The van der Waals surface area contributed by atoms with E-state index < -0.39 is 17.9 Å². The minimum Gasteiger partial charge on any atom is -0.399 e. The average Bonchev–Trinajstić information content (AvgIpc) is 2.76. The molecule has 0 aliphatic carbocycles. The molecule has 0 heterocycles. The van der Waals surface area contributed by atoms with Gasteiger partial charge in [0.25, 0.3) is 0 Å². The van der Waals surface area contributed by atoms with E-state index in [1.54, 1.807) is 48.5 Å². The number of terminal acetylenes is 1. The summed E-state index contributed by atoms with van der Waals surface area (Å²) in [7, 11) is 0. The van der Waals surface area contributed by atoms with Gasteiger partial charge in [0.1, 0.15) is 6.04 Å². The van der Waals surface area contributed by atoms with Gasteiger partial charge in [0.15, 0.2) is 0 Å². The highest BCUT2D eigenvalue weighted by Crippen LogP contribution is 2.30. The number of carbonyl (C=O) groups excluding carboxylic acids is 2. The summed E-state index contributed by atoms with van der Waals surface area (Å²) in [5.41, 5.74) is 8.27. The van der Waals surface area contributed by atoms with Crippen LogP contribution in [0.5, 0.6) is 0 Å². The highest BCUT2D eigenvalue weighted by atomic mass is 35.5. The number of benzene rings is 3. The largest absolute Gasteiger partial charge is 0.399 e. The molecule has 0 fully saturated rings. The molecule has 0 bridgehead atoms. The summed E-state index contributed by atoms with van der Waals surface area (Å²) >= 11 is 6.12. The van der Waals surface area contributed by atoms with E-state index in [9.17, 15) is 9.59 Å². The number of carbonyl (C=O) groups is 2. The lowest BCUT2D eigenvalue weighted by Crippen LogP contribution is -2.43. The van der Waals surface area contributed by atoms with Crippen molar-refractivity contribution >= 4 is 34.8 Å². The molecule has 0 spiro atoms. The van der Waals surface area contributed by atoms with E-state index in [2.05, 4.69) is 11.2 Å². The van der Waals surface area contributed by atoms with E-state index in [0.29, 0.717) is 28.5 Å². The van der Waals surface area contributed by atoms with Crippen LogP contribution in [-0.2, 0) is 16.1 Å².